The fraction of sp³-hybridized carbons (Fsp3) is 0.444. The molecule has 2 fully saturated rings. The van der Waals surface area contributed by atoms with E-state index in [0.717, 1.165) is 10.3 Å². The number of phosphoric acid groups is 1. The molecule has 2 aliphatic heterocycles. The van der Waals surface area contributed by atoms with Gasteiger partial charge in [-0.3, -0.25) is 4.98 Å². The van der Waals surface area contributed by atoms with Crippen LogP contribution in [0.25, 0.3) is 11.2 Å². The molecule has 3 aromatic heterocycles. The average molecular weight is 480 g/mol. The maximum Gasteiger partial charge on any atom is 0.380 e. The number of fused-ring (bicyclic) bond motifs is 1. The summed E-state index contributed by atoms with van der Waals surface area (Å²) in [5.41, 5.74) is 7.09. The molecule has 6 atom stereocenters. The number of pyridine rings is 1. The van der Waals surface area contributed by atoms with Gasteiger partial charge in [0.25, 0.3) is 6.29 Å². The highest BCUT2D eigenvalue weighted by molar-refractivity contribution is 7.54. The number of ether oxygens (including phenoxy) is 1. The molecule has 1 unspecified atom stereocenters. The molecule has 15 heteroatoms. The first-order chi connectivity index (χ1) is 15.9. The Morgan fingerprint density at radius 2 is 2.03 bits per heavy atom. The molecule has 33 heavy (non-hydrogen) atoms. The Bertz CT molecular complexity index is 1110. The van der Waals surface area contributed by atoms with Crippen molar-refractivity contribution in [1.82, 2.24) is 24.7 Å². The molecule has 2 aliphatic rings. The number of aliphatic hydroxyl groups excluding tert-OH is 2. The second-order valence-electron chi connectivity index (χ2n) is 7.37. The molecular formula is C18H21N6O8P. The number of anilines is 1. The van der Waals surface area contributed by atoms with Crippen molar-refractivity contribution in [1.29, 1.82) is 0 Å². The van der Waals surface area contributed by atoms with Crippen molar-refractivity contribution in [3.8, 4) is 0 Å². The lowest BCUT2D eigenvalue weighted by Gasteiger charge is -2.33. The third kappa shape index (κ3) is 4.47. The molecular weight excluding hydrogens is 459 g/mol. The number of hydrogen-bond acceptors (Lipinski definition) is 13. The van der Waals surface area contributed by atoms with Crippen LogP contribution in [0.5, 0.6) is 0 Å². The van der Waals surface area contributed by atoms with Gasteiger partial charge in [0, 0.05) is 18.8 Å². The topological polar surface area (TPSA) is 192 Å². The van der Waals surface area contributed by atoms with E-state index in [0.29, 0.717) is 11.9 Å². The predicted molar refractivity (Wildman–Crippen MR) is 108 cm³/mol. The number of nitrogens with zero attached hydrogens (tertiary/aromatic N) is 5. The number of aromatic nitrogens is 5. The van der Waals surface area contributed by atoms with Gasteiger partial charge in [0.05, 0.1) is 0 Å². The van der Waals surface area contributed by atoms with Gasteiger partial charge in [-0.15, -0.1) is 4.73 Å². The van der Waals surface area contributed by atoms with Crippen LogP contribution in [0, 0.1) is 0 Å². The van der Waals surface area contributed by atoms with Gasteiger partial charge in [0.1, 0.15) is 50.3 Å². The Balaban J connectivity index is 1.22. The van der Waals surface area contributed by atoms with Crippen molar-refractivity contribution in [3.63, 3.8) is 0 Å². The van der Waals surface area contributed by atoms with Crippen molar-refractivity contribution >= 4 is 25.2 Å². The van der Waals surface area contributed by atoms with Gasteiger partial charge < -0.3 is 30.4 Å². The van der Waals surface area contributed by atoms with Crippen LogP contribution >= 0.6 is 8.17 Å². The highest BCUT2D eigenvalue weighted by atomic mass is 31.2. The Morgan fingerprint density at radius 1 is 1.21 bits per heavy atom. The van der Waals surface area contributed by atoms with Crippen LogP contribution in [0.4, 0.5) is 5.82 Å². The number of nitrogen functional groups attached to an aromatic ring is 1. The second-order valence-corrected chi connectivity index (χ2v) is 8.99. The Labute approximate surface area is 187 Å². The van der Waals surface area contributed by atoms with Crippen LogP contribution in [0.1, 0.15) is 18.1 Å². The standard InChI is InChI=1S/C18H21N6O8P/c19-16-13-17(22-8-21-16)24(9-23-13)31-18-15(26)14(25)12(30-18)7-29-33(27)28-6-3-11(32-33)10-1-4-20-5-2-10/h1-2,4-5,8-9,11-12,14-15,18,25-26H,3,6-7H2,(H2,19,21,22)/t11-,12+,14+,15-,18-,33?/m0/s1. The zero-order valence-corrected chi connectivity index (χ0v) is 18.0. The third-order valence-electron chi connectivity index (χ3n) is 5.23. The fourth-order valence-electron chi connectivity index (χ4n) is 3.51. The molecule has 0 aromatic carbocycles. The quantitative estimate of drug-likeness (QED) is 0.361. The highest BCUT2D eigenvalue weighted by Gasteiger charge is 2.48. The number of imidazole rings is 1. The minimum atomic E-state index is -3.93. The van der Waals surface area contributed by atoms with Gasteiger partial charge in [0.2, 0.25) is 5.65 Å². The minimum absolute atomic E-state index is 0.156. The van der Waals surface area contributed by atoms with Gasteiger partial charge in [-0.1, -0.05) is 0 Å². The van der Waals surface area contributed by atoms with Crippen LogP contribution in [0.15, 0.2) is 37.2 Å². The van der Waals surface area contributed by atoms with E-state index in [1.54, 1.807) is 24.5 Å². The molecule has 4 N–H and O–H groups in total. The maximum absolute atomic E-state index is 12.9. The summed E-state index contributed by atoms with van der Waals surface area (Å²) in [4.78, 5) is 34.4. The Morgan fingerprint density at radius 3 is 2.85 bits per heavy atom. The molecule has 176 valence electrons. The summed E-state index contributed by atoms with van der Waals surface area (Å²) in [6, 6.07) is 3.50. The zero-order chi connectivity index (χ0) is 23.0. The first-order valence-electron chi connectivity index (χ1n) is 10.0. The van der Waals surface area contributed by atoms with E-state index in [4.69, 9.17) is 28.9 Å². The van der Waals surface area contributed by atoms with Gasteiger partial charge in [-0.05, 0) is 17.7 Å². The summed E-state index contributed by atoms with van der Waals surface area (Å²) < 4.78 is 22.9. The lowest BCUT2D eigenvalue weighted by Crippen LogP contribution is -2.38. The summed E-state index contributed by atoms with van der Waals surface area (Å²) in [6.45, 7) is -0.219. The highest BCUT2D eigenvalue weighted by Crippen LogP contribution is 2.60. The first-order valence-corrected chi connectivity index (χ1v) is 11.5. The van der Waals surface area contributed by atoms with Gasteiger partial charge in [0.15, 0.2) is 11.3 Å². The van der Waals surface area contributed by atoms with Gasteiger partial charge >= 0.3 is 8.17 Å². The Hall–Kier alpha value is -2.55. The summed E-state index contributed by atoms with van der Waals surface area (Å²) >= 11 is 0. The second kappa shape index (κ2) is 9.00. The fourth-order valence-corrected chi connectivity index (χ4v) is 4.90. The molecule has 0 aliphatic carbocycles. The number of rotatable bonds is 6. The molecule has 5 heterocycles. The molecule has 2 saturated heterocycles. The normalized spacial score (nSPS) is 32.3. The summed E-state index contributed by atoms with van der Waals surface area (Å²) in [5, 5.41) is 20.7. The van der Waals surface area contributed by atoms with E-state index in [2.05, 4.69) is 19.9 Å². The van der Waals surface area contributed by atoms with Gasteiger partial charge in [-0.25, -0.2) is 15.0 Å². The summed E-state index contributed by atoms with van der Waals surface area (Å²) in [7, 11) is -3.93. The SMILES string of the molecule is Nc1ncnc2c1ncn2O[C@@H]1O[C@H](CO[P+]2([O-])OCC[C@@H](c3ccncc3)O2)[C@@H](O)[C@@H]1O. The largest absolute Gasteiger partial charge is 0.606 e. The van der Waals surface area contributed by atoms with Gasteiger partial charge in [-0.2, -0.15) is 13.6 Å². The van der Waals surface area contributed by atoms with Crippen LogP contribution < -0.4 is 15.5 Å². The van der Waals surface area contributed by atoms with Crippen LogP contribution in [-0.4, -0.2) is 72.7 Å². The smallest absolute Gasteiger partial charge is 0.380 e. The number of nitrogens with two attached hydrogens (primary N) is 1. The van der Waals surface area contributed by atoms with Crippen molar-refractivity contribution in [2.75, 3.05) is 18.9 Å². The minimum Gasteiger partial charge on any atom is -0.606 e. The zero-order valence-electron chi connectivity index (χ0n) is 17.1. The van der Waals surface area contributed by atoms with Crippen molar-refractivity contribution < 1.29 is 38.3 Å². The molecule has 3 aromatic rings. The monoisotopic (exact) mass is 480 g/mol. The van der Waals surface area contributed by atoms with E-state index in [-0.39, 0.29) is 24.7 Å². The molecule has 0 saturated carbocycles. The molecule has 14 nitrogen and oxygen atoms in total. The van der Waals surface area contributed by atoms with Crippen molar-refractivity contribution in [2.45, 2.75) is 37.1 Å². The van der Waals surface area contributed by atoms with E-state index in [1.807, 2.05) is 0 Å². The van der Waals surface area contributed by atoms with Crippen molar-refractivity contribution in [2.24, 2.45) is 0 Å². The lowest BCUT2D eigenvalue weighted by atomic mass is 10.1. The molecule has 0 bridgehead atoms. The van der Waals surface area contributed by atoms with Crippen LogP contribution in [0.2, 0.25) is 0 Å². The average Bonchev–Trinajstić information content (AvgIpc) is 3.36. The molecule has 0 radical (unpaired) electrons. The van der Waals surface area contributed by atoms with Crippen LogP contribution in [0.3, 0.4) is 0 Å². The predicted octanol–water partition coefficient (Wildman–Crippen LogP) is -1.09. The number of hydrogen-bond donors (Lipinski definition) is 3. The number of aliphatic hydroxyl groups is 2. The van der Waals surface area contributed by atoms with E-state index in [1.165, 1.54) is 12.7 Å². The molecule has 5 rings (SSSR count). The first kappa shape index (κ1) is 22.3. The number of phosphoric ester groups is 1. The van der Waals surface area contributed by atoms with E-state index >= 15 is 0 Å². The third-order valence-corrected chi connectivity index (χ3v) is 6.71. The maximum atomic E-state index is 12.9. The molecule has 0 amide bonds. The summed E-state index contributed by atoms with van der Waals surface area (Å²) in [6.07, 6.45) is 0.530. The summed E-state index contributed by atoms with van der Waals surface area (Å²) in [5.74, 6) is 0.156. The van der Waals surface area contributed by atoms with Crippen molar-refractivity contribution in [3.05, 3.63) is 42.7 Å². The molecule has 0 spiro atoms. The lowest BCUT2D eigenvalue weighted by molar-refractivity contribution is -0.265. The van der Waals surface area contributed by atoms with Crippen LogP contribution in [-0.2, 0) is 18.3 Å². The van der Waals surface area contributed by atoms with E-state index < -0.39 is 38.9 Å². The van der Waals surface area contributed by atoms with E-state index in [9.17, 15) is 15.1 Å². The Kier molecular flexibility index (Phi) is 6.07.